The summed E-state index contributed by atoms with van der Waals surface area (Å²) in [5.41, 5.74) is 0. The highest BCUT2D eigenvalue weighted by molar-refractivity contribution is 5.49. The zero-order valence-corrected chi connectivity index (χ0v) is 11.7. The van der Waals surface area contributed by atoms with Crippen LogP contribution in [0.25, 0.3) is 0 Å². The molecule has 0 unspecified atom stereocenters. The number of furan rings is 1. The molecular formula is C14H20N4O. The molecule has 0 aromatic carbocycles. The molecule has 0 aliphatic rings. The summed E-state index contributed by atoms with van der Waals surface area (Å²) < 4.78 is 5.36. The number of aromatic nitrogens is 2. The minimum absolute atomic E-state index is 0.693. The Bertz CT molecular complexity index is 510. The van der Waals surface area contributed by atoms with Gasteiger partial charge in [-0.1, -0.05) is 6.92 Å². The standard InChI is InChI=1S/C14H20N4O/c1-4-12-16-13(15-5-2)9-14(17-12)18(3)10-11-7-6-8-19-11/h6-9H,4-5,10H2,1-3H3,(H,15,16,17). The van der Waals surface area contributed by atoms with Crippen molar-refractivity contribution in [1.82, 2.24) is 9.97 Å². The van der Waals surface area contributed by atoms with Gasteiger partial charge in [0.05, 0.1) is 12.8 Å². The first-order valence-electron chi connectivity index (χ1n) is 6.58. The lowest BCUT2D eigenvalue weighted by Gasteiger charge is -2.18. The van der Waals surface area contributed by atoms with E-state index in [0.29, 0.717) is 6.54 Å². The summed E-state index contributed by atoms with van der Waals surface area (Å²) in [4.78, 5) is 11.1. The molecule has 2 aromatic rings. The van der Waals surface area contributed by atoms with E-state index in [-0.39, 0.29) is 0 Å². The average molecular weight is 260 g/mol. The minimum Gasteiger partial charge on any atom is -0.467 e. The van der Waals surface area contributed by atoms with Crippen molar-refractivity contribution in [2.75, 3.05) is 23.8 Å². The van der Waals surface area contributed by atoms with Crippen LogP contribution in [0.5, 0.6) is 0 Å². The number of rotatable bonds is 6. The van der Waals surface area contributed by atoms with Crippen LogP contribution in [0.4, 0.5) is 11.6 Å². The number of hydrogen-bond donors (Lipinski definition) is 1. The van der Waals surface area contributed by atoms with Crippen LogP contribution < -0.4 is 10.2 Å². The average Bonchev–Trinajstić information content (AvgIpc) is 2.91. The maximum absolute atomic E-state index is 5.36. The first-order chi connectivity index (χ1) is 9.22. The Morgan fingerprint density at radius 1 is 1.32 bits per heavy atom. The summed E-state index contributed by atoms with van der Waals surface area (Å²) in [6.45, 7) is 5.65. The smallest absolute Gasteiger partial charge is 0.134 e. The molecule has 0 fully saturated rings. The second kappa shape index (κ2) is 6.22. The molecule has 0 spiro atoms. The van der Waals surface area contributed by atoms with Gasteiger partial charge in [-0.3, -0.25) is 0 Å². The Hall–Kier alpha value is -2.04. The molecule has 19 heavy (non-hydrogen) atoms. The second-order valence-corrected chi connectivity index (χ2v) is 4.35. The van der Waals surface area contributed by atoms with Crippen LogP contribution in [0.2, 0.25) is 0 Å². The van der Waals surface area contributed by atoms with Crippen molar-refractivity contribution in [3.8, 4) is 0 Å². The first-order valence-corrected chi connectivity index (χ1v) is 6.58. The van der Waals surface area contributed by atoms with Gasteiger partial charge in [0.25, 0.3) is 0 Å². The number of hydrogen-bond acceptors (Lipinski definition) is 5. The summed E-state index contributed by atoms with van der Waals surface area (Å²) in [6.07, 6.45) is 2.51. The largest absolute Gasteiger partial charge is 0.467 e. The molecule has 0 amide bonds. The third-order valence-corrected chi connectivity index (χ3v) is 2.80. The highest BCUT2D eigenvalue weighted by Crippen LogP contribution is 2.17. The van der Waals surface area contributed by atoms with Gasteiger partial charge in [-0.2, -0.15) is 0 Å². The van der Waals surface area contributed by atoms with Gasteiger partial charge in [0.1, 0.15) is 23.2 Å². The van der Waals surface area contributed by atoms with Crippen LogP contribution in [-0.2, 0) is 13.0 Å². The fraction of sp³-hybridized carbons (Fsp3) is 0.429. The van der Waals surface area contributed by atoms with E-state index in [2.05, 4.69) is 34.0 Å². The fourth-order valence-electron chi connectivity index (χ4n) is 1.83. The number of anilines is 2. The Kier molecular flexibility index (Phi) is 4.39. The number of nitrogens with zero attached hydrogens (tertiary/aromatic N) is 3. The van der Waals surface area contributed by atoms with E-state index in [1.807, 2.05) is 25.2 Å². The topological polar surface area (TPSA) is 54.2 Å². The Balaban J connectivity index is 2.19. The molecule has 0 saturated carbocycles. The van der Waals surface area contributed by atoms with Crippen molar-refractivity contribution < 1.29 is 4.42 Å². The molecule has 1 N–H and O–H groups in total. The summed E-state index contributed by atoms with van der Waals surface area (Å²) in [5.74, 6) is 3.54. The number of nitrogens with one attached hydrogen (secondary N) is 1. The zero-order valence-electron chi connectivity index (χ0n) is 11.7. The van der Waals surface area contributed by atoms with Gasteiger partial charge >= 0.3 is 0 Å². The van der Waals surface area contributed by atoms with E-state index >= 15 is 0 Å². The van der Waals surface area contributed by atoms with E-state index in [0.717, 1.165) is 36.2 Å². The first kappa shape index (κ1) is 13.4. The summed E-state index contributed by atoms with van der Waals surface area (Å²) in [7, 11) is 2.00. The molecule has 0 aliphatic heterocycles. The quantitative estimate of drug-likeness (QED) is 0.865. The molecule has 0 saturated heterocycles. The fourth-order valence-corrected chi connectivity index (χ4v) is 1.83. The maximum Gasteiger partial charge on any atom is 0.134 e. The lowest BCUT2D eigenvalue weighted by Crippen LogP contribution is -2.19. The molecule has 0 atom stereocenters. The molecular weight excluding hydrogens is 240 g/mol. The Morgan fingerprint density at radius 2 is 2.16 bits per heavy atom. The van der Waals surface area contributed by atoms with Gasteiger partial charge in [-0.15, -0.1) is 0 Å². The van der Waals surface area contributed by atoms with Crippen molar-refractivity contribution in [3.63, 3.8) is 0 Å². The molecule has 0 bridgehead atoms. The van der Waals surface area contributed by atoms with Crippen molar-refractivity contribution >= 4 is 11.6 Å². The highest BCUT2D eigenvalue weighted by Gasteiger charge is 2.09. The molecule has 0 radical (unpaired) electrons. The van der Waals surface area contributed by atoms with Gasteiger partial charge in [-0.25, -0.2) is 9.97 Å². The highest BCUT2D eigenvalue weighted by atomic mass is 16.3. The molecule has 5 heteroatoms. The van der Waals surface area contributed by atoms with Crippen LogP contribution >= 0.6 is 0 Å². The van der Waals surface area contributed by atoms with Crippen LogP contribution in [-0.4, -0.2) is 23.6 Å². The predicted octanol–water partition coefficient (Wildman–Crippen LogP) is 2.70. The van der Waals surface area contributed by atoms with Crippen LogP contribution in [0.15, 0.2) is 28.9 Å². The van der Waals surface area contributed by atoms with Gasteiger partial charge in [0, 0.05) is 26.1 Å². The van der Waals surface area contributed by atoms with E-state index in [1.165, 1.54) is 0 Å². The molecule has 2 aromatic heterocycles. The molecule has 102 valence electrons. The number of aryl methyl sites for hydroxylation is 1. The third-order valence-electron chi connectivity index (χ3n) is 2.80. The lowest BCUT2D eigenvalue weighted by molar-refractivity contribution is 0.507. The third kappa shape index (κ3) is 3.47. The van der Waals surface area contributed by atoms with Gasteiger partial charge in [0.2, 0.25) is 0 Å². The Labute approximate surface area is 113 Å². The maximum atomic E-state index is 5.36. The van der Waals surface area contributed by atoms with Gasteiger partial charge in [-0.05, 0) is 19.1 Å². The Morgan fingerprint density at radius 3 is 2.79 bits per heavy atom. The van der Waals surface area contributed by atoms with Crippen molar-refractivity contribution in [3.05, 3.63) is 36.0 Å². The molecule has 2 rings (SSSR count). The lowest BCUT2D eigenvalue weighted by atomic mass is 10.3. The SMILES string of the molecule is CCNc1cc(N(C)Cc2ccco2)nc(CC)n1. The predicted molar refractivity (Wildman–Crippen MR) is 76.4 cm³/mol. The normalized spacial score (nSPS) is 10.5. The van der Waals surface area contributed by atoms with Gasteiger partial charge in [0.15, 0.2) is 0 Å². The van der Waals surface area contributed by atoms with Crippen LogP contribution in [0, 0.1) is 0 Å². The van der Waals surface area contributed by atoms with E-state index < -0.39 is 0 Å². The minimum atomic E-state index is 0.693. The molecule has 2 heterocycles. The molecule has 0 aliphatic carbocycles. The van der Waals surface area contributed by atoms with E-state index in [9.17, 15) is 0 Å². The van der Waals surface area contributed by atoms with Crippen molar-refractivity contribution in [2.45, 2.75) is 26.8 Å². The monoisotopic (exact) mass is 260 g/mol. The second-order valence-electron chi connectivity index (χ2n) is 4.35. The van der Waals surface area contributed by atoms with Crippen molar-refractivity contribution in [2.24, 2.45) is 0 Å². The van der Waals surface area contributed by atoms with Crippen LogP contribution in [0.1, 0.15) is 25.4 Å². The van der Waals surface area contributed by atoms with Crippen LogP contribution in [0.3, 0.4) is 0 Å². The van der Waals surface area contributed by atoms with E-state index in [4.69, 9.17) is 4.42 Å². The summed E-state index contributed by atoms with van der Waals surface area (Å²) in [6, 6.07) is 5.82. The summed E-state index contributed by atoms with van der Waals surface area (Å²) >= 11 is 0. The van der Waals surface area contributed by atoms with Crippen molar-refractivity contribution in [1.29, 1.82) is 0 Å². The summed E-state index contributed by atoms with van der Waals surface area (Å²) in [5, 5.41) is 3.24. The van der Waals surface area contributed by atoms with E-state index in [1.54, 1.807) is 6.26 Å². The zero-order chi connectivity index (χ0) is 13.7. The van der Waals surface area contributed by atoms with Gasteiger partial charge < -0.3 is 14.6 Å². The molecule has 5 nitrogen and oxygen atoms in total.